The molecule has 2 rings (SSSR count). The summed E-state index contributed by atoms with van der Waals surface area (Å²) in [6.45, 7) is 2.49. The number of aryl methyl sites for hydroxylation is 1. The third-order valence-electron chi connectivity index (χ3n) is 2.20. The van der Waals surface area contributed by atoms with Crippen molar-refractivity contribution in [1.82, 2.24) is 14.8 Å². The molecule has 0 fully saturated rings. The monoisotopic (exact) mass is 207 g/mol. The van der Waals surface area contributed by atoms with Gasteiger partial charge in [-0.05, 0) is 12.1 Å². The molecule has 0 saturated carbocycles. The lowest BCUT2D eigenvalue weighted by Gasteiger charge is -2.02. The molecule has 80 valence electrons. The highest BCUT2D eigenvalue weighted by Gasteiger charge is 2.06. The highest BCUT2D eigenvalue weighted by molar-refractivity contribution is 5.07. The van der Waals surface area contributed by atoms with Crippen LogP contribution in [0.25, 0.3) is 0 Å². The molecule has 2 aromatic rings. The van der Waals surface area contributed by atoms with Crippen LogP contribution < -0.4 is 0 Å². The van der Waals surface area contributed by atoms with Crippen LogP contribution in [0.2, 0.25) is 0 Å². The second-order valence-corrected chi connectivity index (χ2v) is 3.23. The van der Waals surface area contributed by atoms with E-state index >= 15 is 0 Å². The Morgan fingerprint density at radius 1 is 1.40 bits per heavy atom. The number of nitrogens with zero attached hydrogens (tertiary/aromatic N) is 3. The van der Waals surface area contributed by atoms with Crippen molar-refractivity contribution < 1.29 is 9.52 Å². The second kappa shape index (κ2) is 4.27. The van der Waals surface area contributed by atoms with Crippen LogP contribution in [0.1, 0.15) is 24.4 Å². The lowest BCUT2D eigenvalue weighted by atomic mass is 10.4. The zero-order valence-corrected chi connectivity index (χ0v) is 8.55. The molecule has 0 radical (unpaired) electrons. The molecule has 0 spiro atoms. The predicted molar refractivity (Wildman–Crippen MR) is 53.1 cm³/mol. The van der Waals surface area contributed by atoms with Gasteiger partial charge in [0.15, 0.2) is 0 Å². The molecular weight excluding hydrogens is 194 g/mol. The first-order valence-corrected chi connectivity index (χ1v) is 4.89. The topological polar surface area (TPSA) is 64.1 Å². The molecule has 0 saturated heterocycles. The third-order valence-corrected chi connectivity index (χ3v) is 2.20. The summed E-state index contributed by atoms with van der Waals surface area (Å²) in [7, 11) is 0. The normalized spacial score (nSPS) is 10.8. The van der Waals surface area contributed by atoms with Crippen LogP contribution in [0, 0.1) is 0 Å². The lowest BCUT2D eigenvalue weighted by molar-refractivity contribution is 0.270. The average molecular weight is 207 g/mol. The molecular formula is C10H13N3O2. The fourth-order valence-corrected chi connectivity index (χ4v) is 1.39. The maximum absolute atomic E-state index is 9.05. The summed E-state index contributed by atoms with van der Waals surface area (Å²) in [5.74, 6) is 1.21. The van der Waals surface area contributed by atoms with E-state index in [2.05, 4.69) is 10.2 Å². The molecule has 5 nitrogen and oxygen atoms in total. The zero-order valence-electron chi connectivity index (χ0n) is 8.55. The van der Waals surface area contributed by atoms with Crippen molar-refractivity contribution in [3.8, 4) is 0 Å². The minimum absolute atomic E-state index is 0.0156. The lowest BCUT2D eigenvalue weighted by Crippen LogP contribution is -2.03. The van der Waals surface area contributed by atoms with Crippen molar-refractivity contribution in [2.75, 3.05) is 0 Å². The molecule has 0 aliphatic rings. The number of aromatic nitrogens is 3. The third kappa shape index (κ3) is 2.07. The van der Waals surface area contributed by atoms with E-state index in [-0.39, 0.29) is 6.61 Å². The van der Waals surface area contributed by atoms with Crippen LogP contribution >= 0.6 is 0 Å². The molecule has 2 aromatic heterocycles. The standard InChI is InChI=1S/C10H13N3O2/c1-2-9-11-12-10(15-9)6-13-5-3-4-8(13)7-14/h3-5,14H,2,6-7H2,1H3. The summed E-state index contributed by atoms with van der Waals surface area (Å²) < 4.78 is 7.26. The molecule has 0 aliphatic heterocycles. The smallest absolute Gasteiger partial charge is 0.236 e. The van der Waals surface area contributed by atoms with E-state index in [1.165, 1.54) is 0 Å². The molecule has 15 heavy (non-hydrogen) atoms. The van der Waals surface area contributed by atoms with Gasteiger partial charge in [-0.3, -0.25) is 0 Å². The summed E-state index contributed by atoms with van der Waals surface area (Å²) in [4.78, 5) is 0. The number of hydrogen-bond acceptors (Lipinski definition) is 4. The predicted octanol–water partition coefficient (Wildman–Crippen LogP) is 0.974. The van der Waals surface area contributed by atoms with Gasteiger partial charge in [-0.2, -0.15) is 0 Å². The van der Waals surface area contributed by atoms with Crippen LogP contribution in [0.4, 0.5) is 0 Å². The maximum Gasteiger partial charge on any atom is 0.236 e. The van der Waals surface area contributed by atoms with Gasteiger partial charge in [0.1, 0.15) is 6.54 Å². The minimum atomic E-state index is 0.0156. The largest absolute Gasteiger partial charge is 0.423 e. The van der Waals surface area contributed by atoms with Crippen molar-refractivity contribution in [3.05, 3.63) is 35.8 Å². The van der Waals surface area contributed by atoms with Crippen LogP contribution in [-0.4, -0.2) is 19.9 Å². The minimum Gasteiger partial charge on any atom is -0.423 e. The first-order valence-electron chi connectivity index (χ1n) is 4.89. The van der Waals surface area contributed by atoms with Gasteiger partial charge in [0.2, 0.25) is 11.8 Å². The Morgan fingerprint density at radius 2 is 2.20 bits per heavy atom. The van der Waals surface area contributed by atoms with Gasteiger partial charge in [-0.25, -0.2) is 0 Å². The molecule has 2 heterocycles. The van der Waals surface area contributed by atoms with Gasteiger partial charge in [0.05, 0.1) is 6.61 Å². The molecule has 0 atom stereocenters. The number of aliphatic hydroxyl groups excluding tert-OH is 1. The summed E-state index contributed by atoms with van der Waals surface area (Å²) in [5.41, 5.74) is 0.839. The van der Waals surface area contributed by atoms with Gasteiger partial charge in [-0.15, -0.1) is 10.2 Å². The molecule has 0 unspecified atom stereocenters. The van der Waals surface area contributed by atoms with Crippen LogP contribution in [0.5, 0.6) is 0 Å². The Bertz CT molecular complexity index is 433. The van der Waals surface area contributed by atoms with Gasteiger partial charge in [0, 0.05) is 18.3 Å². The Morgan fingerprint density at radius 3 is 2.87 bits per heavy atom. The highest BCUT2D eigenvalue weighted by Crippen LogP contribution is 2.07. The van der Waals surface area contributed by atoms with Crippen molar-refractivity contribution in [1.29, 1.82) is 0 Å². The summed E-state index contributed by atoms with van der Waals surface area (Å²) in [5, 5.41) is 16.8. The second-order valence-electron chi connectivity index (χ2n) is 3.23. The van der Waals surface area contributed by atoms with Crippen molar-refractivity contribution in [2.45, 2.75) is 26.5 Å². The van der Waals surface area contributed by atoms with Crippen molar-refractivity contribution in [3.63, 3.8) is 0 Å². The SMILES string of the molecule is CCc1nnc(Cn2cccc2CO)o1. The van der Waals surface area contributed by atoms with Gasteiger partial charge in [0.25, 0.3) is 0 Å². The van der Waals surface area contributed by atoms with E-state index in [1.807, 2.05) is 29.8 Å². The van der Waals surface area contributed by atoms with E-state index < -0.39 is 0 Å². The number of rotatable bonds is 4. The fraction of sp³-hybridized carbons (Fsp3) is 0.400. The van der Waals surface area contributed by atoms with Crippen LogP contribution in [0.3, 0.4) is 0 Å². The first-order chi connectivity index (χ1) is 7.33. The Hall–Kier alpha value is -1.62. The van der Waals surface area contributed by atoms with Gasteiger partial charge >= 0.3 is 0 Å². The zero-order chi connectivity index (χ0) is 10.7. The highest BCUT2D eigenvalue weighted by atomic mass is 16.4. The molecule has 0 bridgehead atoms. The van der Waals surface area contributed by atoms with E-state index in [0.29, 0.717) is 18.3 Å². The van der Waals surface area contributed by atoms with E-state index in [0.717, 1.165) is 12.1 Å². The van der Waals surface area contributed by atoms with Crippen LogP contribution in [-0.2, 0) is 19.6 Å². The molecule has 0 amide bonds. The van der Waals surface area contributed by atoms with E-state index in [9.17, 15) is 0 Å². The summed E-state index contributed by atoms with van der Waals surface area (Å²) in [6, 6.07) is 3.74. The summed E-state index contributed by atoms with van der Waals surface area (Å²) in [6.07, 6.45) is 2.62. The van der Waals surface area contributed by atoms with Crippen molar-refractivity contribution in [2.24, 2.45) is 0 Å². The molecule has 0 aromatic carbocycles. The quantitative estimate of drug-likeness (QED) is 0.811. The maximum atomic E-state index is 9.05. The molecule has 1 N–H and O–H groups in total. The average Bonchev–Trinajstić information content (AvgIpc) is 2.87. The Labute approximate surface area is 87.4 Å². The fourth-order valence-electron chi connectivity index (χ4n) is 1.39. The van der Waals surface area contributed by atoms with Gasteiger partial charge in [-0.1, -0.05) is 6.92 Å². The molecule has 0 aliphatic carbocycles. The van der Waals surface area contributed by atoms with Gasteiger partial charge < -0.3 is 14.1 Å². The van der Waals surface area contributed by atoms with E-state index in [4.69, 9.17) is 9.52 Å². The van der Waals surface area contributed by atoms with Crippen LogP contribution in [0.15, 0.2) is 22.7 Å². The number of aliphatic hydroxyl groups is 1. The molecule has 5 heteroatoms. The summed E-state index contributed by atoms with van der Waals surface area (Å²) >= 11 is 0. The first kappa shape index (κ1) is 9.92. The Balaban J connectivity index is 2.14. The number of hydrogen-bond donors (Lipinski definition) is 1. The van der Waals surface area contributed by atoms with Crippen molar-refractivity contribution >= 4 is 0 Å². The Kier molecular flexibility index (Phi) is 2.82. The van der Waals surface area contributed by atoms with E-state index in [1.54, 1.807) is 0 Å².